The van der Waals surface area contributed by atoms with Crippen LogP contribution in [0.25, 0.3) is 10.8 Å². The molecular formula is C22H29NO2S. The zero-order valence-corrected chi connectivity index (χ0v) is 16.4. The van der Waals surface area contributed by atoms with Gasteiger partial charge >= 0.3 is 0 Å². The number of thioether (sulfide) groups is 1. The summed E-state index contributed by atoms with van der Waals surface area (Å²) in [6.45, 7) is 2.71. The molecule has 1 aliphatic rings. The number of ether oxygens (including phenoxy) is 1. The number of amides is 1. The van der Waals surface area contributed by atoms with E-state index in [0.717, 1.165) is 28.7 Å². The van der Waals surface area contributed by atoms with Crippen LogP contribution in [0.1, 0.15) is 45.4 Å². The maximum Gasteiger partial charge on any atom is 0.261 e. The summed E-state index contributed by atoms with van der Waals surface area (Å²) in [6, 6.07) is 14.2. The van der Waals surface area contributed by atoms with Crippen molar-refractivity contribution in [3.63, 3.8) is 0 Å². The van der Waals surface area contributed by atoms with Crippen molar-refractivity contribution in [1.29, 1.82) is 0 Å². The van der Waals surface area contributed by atoms with Crippen LogP contribution in [0.5, 0.6) is 5.75 Å². The number of carbonyl (C=O) groups is 1. The second kappa shape index (κ2) is 9.86. The van der Waals surface area contributed by atoms with Gasteiger partial charge in [-0.25, -0.2) is 0 Å². The Morgan fingerprint density at radius 1 is 1.15 bits per heavy atom. The molecule has 2 aromatic rings. The highest BCUT2D eigenvalue weighted by molar-refractivity contribution is 7.99. The Kier molecular flexibility index (Phi) is 7.24. The first-order valence-corrected chi connectivity index (χ1v) is 10.9. The lowest BCUT2D eigenvalue weighted by Gasteiger charge is -2.21. The van der Waals surface area contributed by atoms with Crippen LogP contribution in [0.2, 0.25) is 0 Å². The highest BCUT2D eigenvalue weighted by atomic mass is 32.2. The number of carbonyl (C=O) groups excluding carboxylic acids is 1. The summed E-state index contributed by atoms with van der Waals surface area (Å²) >= 11 is 2.01. The maximum atomic E-state index is 12.4. The smallest absolute Gasteiger partial charge is 0.261 e. The summed E-state index contributed by atoms with van der Waals surface area (Å²) in [5, 5.41) is 6.14. The number of hydrogen-bond donors (Lipinski definition) is 1. The standard InChI is InChI=1S/C22H29NO2S/c1-2-21(22(24)23-14-15-26-20-10-4-3-5-11-20)25-19-13-12-17-8-6-7-9-18(17)16-19/h6-9,12-13,16,20-21H,2-5,10-11,14-15H2,1H3,(H,23,24). The first-order chi connectivity index (χ1) is 12.8. The molecule has 1 unspecified atom stereocenters. The Morgan fingerprint density at radius 2 is 1.92 bits per heavy atom. The Hall–Kier alpha value is -1.68. The van der Waals surface area contributed by atoms with E-state index >= 15 is 0 Å². The van der Waals surface area contributed by atoms with Gasteiger partial charge < -0.3 is 10.1 Å². The SMILES string of the molecule is CCC(Oc1ccc2ccccc2c1)C(=O)NCCSC1CCCCC1. The third-order valence-electron chi connectivity index (χ3n) is 4.97. The van der Waals surface area contributed by atoms with E-state index in [1.54, 1.807) is 0 Å². The molecule has 3 nitrogen and oxygen atoms in total. The van der Waals surface area contributed by atoms with E-state index in [0.29, 0.717) is 6.42 Å². The zero-order chi connectivity index (χ0) is 18.2. The van der Waals surface area contributed by atoms with Gasteiger partial charge in [-0.15, -0.1) is 0 Å². The van der Waals surface area contributed by atoms with Crippen LogP contribution in [0.4, 0.5) is 0 Å². The molecule has 2 aromatic carbocycles. The minimum Gasteiger partial charge on any atom is -0.481 e. The molecule has 1 N–H and O–H groups in total. The average molecular weight is 372 g/mol. The maximum absolute atomic E-state index is 12.4. The minimum absolute atomic E-state index is 0.00935. The van der Waals surface area contributed by atoms with E-state index in [9.17, 15) is 4.79 Å². The summed E-state index contributed by atoms with van der Waals surface area (Å²) in [7, 11) is 0. The minimum atomic E-state index is -0.434. The molecule has 1 amide bonds. The molecule has 140 valence electrons. The van der Waals surface area contributed by atoms with E-state index in [4.69, 9.17) is 4.74 Å². The van der Waals surface area contributed by atoms with E-state index in [2.05, 4.69) is 17.4 Å². The topological polar surface area (TPSA) is 38.3 Å². The van der Waals surface area contributed by atoms with Crippen molar-refractivity contribution in [2.24, 2.45) is 0 Å². The van der Waals surface area contributed by atoms with Crippen LogP contribution in [0.3, 0.4) is 0 Å². The molecule has 26 heavy (non-hydrogen) atoms. The number of fused-ring (bicyclic) bond motifs is 1. The first kappa shape index (κ1) is 19.1. The van der Waals surface area contributed by atoms with Crippen molar-refractivity contribution in [3.05, 3.63) is 42.5 Å². The van der Waals surface area contributed by atoms with Crippen molar-refractivity contribution in [3.8, 4) is 5.75 Å². The third kappa shape index (κ3) is 5.41. The van der Waals surface area contributed by atoms with Crippen LogP contribution in [-0.2, 0) is 4.79 Å². The molecule has 0 radical (unpaired) electrons. The Labute approximate surface area is 160 Å². The van der Waals surface area contributed by atoms with Gasteiger partial charge in [0.25, 0.3) is 5.91 Å². The largest absolute Gasteiger partial charge is 0.481 e. The van der Waals surface area contributed by atoms with E-state index < -0.39 is 6.10 Å². The molecule has 1 aliphatic carbocycles. The summed E-state index contributed by atoms with van der Waals surface area (Å²) in [5.41, 5.74) is 0. The first-order valence-electron chi connectivity index (χ1n) is 9.81. The summed E-state index contributed by atoms with van der Waals surface area (Å²) in [4.78, 5) is 12.4. The molecule has 0 spiro atoms. The predicted octanol–water partition coefficient (Wildman–Crippen LogP) is 5.18. The van der Waals surface area contributed by atoms with Crippen LogP contribution >= 0.6 is 11.8 Å². The molecule has 1 saturated carbocycles. The number of rotatable bonds is 8. The lowest BCUT2D eigenvalue weighted by Crippen LogP contribution is -2.39. The molecule has 1 fully saturated rings. The lowest BCUT2D eigenvalue weighted by molar-refractivity contribution is -0.127. The van der Waals surface area contributed by atoms with Crippen LogP contribution < -0.4 is 10.1 Å². The fourth-order valence-electron chi connectivity index (χ4n) is 3.47. The van der Waals surface area contributed by atoms with E-state index in [-0.39, 0.29) is 5.91 Å². The lowest BCUT2D eigenvalue weighted by atomic mass is 10.0. The highest BCUT2D eigenvalue weighted by Gasteiger charge is 2.18. The van der Waals surface area contributed by atoms with Gasteiger partial charge in [0.15, 0.2) is 6.10 Å². The van der Waals surface area contributed by atoms with Crippen LogP contribution in [0, 0.1) is 0 Å². The Morgan fingerprint density at radius 3 is 2.69 bits per heavy atom. The quantitative estimate of drug-likeness (QED) is 0.650. The third-order valence-corrected chi connectivity index (χ3v) is 6.35. The monoisotopic (exact) mass is 371 g/mol. The highest BCUT2D eigenvalue weighted by Crippen LogP contribution is 2.27. The van der Waals surface area contributed by atoms with Crippen LogP contribution in [0.15, 0.2) is 42.5 Å². The molecule has 1 atom stereocenters. The molecule has 0 aliphatic heterocycles. The van der Waals surface area contributed by atoms with Gasteiger partial charge in [0.2, 0.25) is 0 Å². The van der Waals surface area contributed by atoms with Crippen molar-refractivity contribution < 1.29 is 9.53 Å². The summed E-state index contributed by atoms with van der Waals surface area (Å²) < 4.78 is 5.96. The number of benzene rings is 2. The molecular weight excluding hydrogens is 342 g/mol. The number of hydrogen-bond acceptors (Lipinski definition) is 3. The molecule has 0 bridgehead atoms. The fourth-order valence-corrected chi connectivity index (χ4v) is 4.69. The van der Waals surface area contributed by atoms with Crippen molar-refractivity contribution in [2.75, 3.05) is 12.3 Å². The van der Waals surface area contributed by atoms with Gasteiger partial charge in [-0.3, -0.25) is 4.79 Å². The van der Waals surface area contributed by atoms with Crippen molar-refractivity contribution in [2.45, 2.75) is 56.8 Å². The van der Waals surface area contributed by atoms with Gasteiger partial charge in [-0.05, 0) is 42.2 Å². The summed E-state index contributed by atoms with van der Waals surface area (Å²) in [5.74, 6) is 1.73. The number of nitrogens with one attached hydrogen (secondary N) is 1. The predicted molar refractivity (Wildman–Crippen MR) is 111 cm³/mol. The van der Waals surface area contributed by atoms with E-state index in [1.165, 1.54) is 37.5 Å². The summed E-state index contributed by atoms with van der Waals surface area (Å²) in [6.07, 6.45) is 7.01. The molecule has 0 heterocycles. The fraction of sp³-hybridized carbons (Fsp3) is 0.500. The van der Waals surface area contributed by atoms with Crippen molar-refractivity contribution in [1.82, 2.24) is 5.32 Å². The van der Waals surface area contributed by atoms with E-state index in [1.807, 2.05) is 49.0 Å². The van der Waals surface area contributed by atoms with Gasteiger partial charge in [-0.2, -0.15) is 11.8 Å². The van der Waals surface area contributed by atoms with Gasteiger partial charge in [-0.1, -0.05) is 56.5 Å². The normalized spacial score (nSPS) is 16.3. The molecule has 0 saturated heterocycles. The van der Waals surface area contributed by atoms with Gasteiger partial charge in [0.05, 0.1) is 0 Å². The second-order valence-corrected chi connectivity index (χ2v) is 8.35. The van der Waals surface area contributed by atoms with Crippen LogP contribution in [-0.4, -0.2) is 29.6 Å². The Bertz CT molecular complexity index is 712. The van der Waals surface area contributed by atoms with Crippen molar-refractivity contribution >= 4 is 28.4 Å². The zero-order valence-electron chi connectivity index (χ0n) is 15.6. The average Bonchev–Trinajstić information content (AvgIpc) is 2.70. The molecule has 3 rings (SSSR count). The van der Waals surface area contributed by atoms with Gasteiger partial charge in [0, 0.05) is 17.5 Å². The second-order valence-electron chi connectivity index (χ2n) is 6.95. The Balaban J connectivity index is 1.46. The molecule has 0 aromatic heterocycles. The van der Waals surface area contributed by atoms with Gasteiger partial charge in [0.1, 0.15) is 5.75 Å². The molecule has 4 heteroatoms.